The number of hydrogen-bond acceptors (Lipinski definition) is 9. The number of unbranched alkanes of at least 4 members (excludes halogenated alkanes) is 1. The van der Waals surface area contributed by atoms with E-state index in [2.05, 4.69) is 20.9 Å². The molecule has 13 heteroatoms. The van der Waals surface area contributed by atoms with Gasteiger partial charge in [-0.05, 0) is 6.42 Å². The Hall–Kier alpha value is -3.87. The van der Waals surface area contributed by atoms with Gasteiger partial charge in [-0.15, -0.1) is 0 Å². The van der Waals surface area contributed by atoms with Gasteiger partial charge in [-0.2, -0.15) is 0 Å². The SMILES string of the molecule is CCCCOC(=O)N[C@@H](CNC(=O)C[C@H]1ON=C(c2ccc(/C(N)=N/O)cc2)[C@H]1O)C(=O)O. The lowest BCUT2D eigenvalue weighted by Gasteiger charge is -2.17. The molecule has 33 heavy (non-hydrogen) atoms. The molecule has 3 atom stereocenters. The van der Waals surface area contributed by atoms with E-state index in [1.807, 2.05) is 6.92 Å². The fourth-order valence-electron chi connectivity index (χ4n) is 2.82. The Morgan fingerprint density at radius 2 is 2.00 bits per heavy atom. The number of nitrogens with one attached hydrogen (secondary N) is 2. The van der Waals surface area contributed by atoms with Crippen molar-refractivity contribution in [2.75, 3.05) is 13.2 Å². The maximum atomic E-state index is 12.2. The molecule has 0 saturated carbocycles. The van der Waals surface area contributed by atoms with Crippen molar-refractivity contribution < 1.29 is 39.4 Å². The predicted molar refractivity (Wildman–Crippen MR) is 115 cm³/mol. The molecule has 2 amide bonds. The van der Waals surface area contributed by atoms with Crippen molar-refractivity contribution in [3.63, 3.8) is 0 Å². The Morgan fingerprint density at radius 3 is 2.61 bits per heavy atom. The maximum Gasteiger partial charge on any atom is 0.407 e. The number of carboxylic acid groups (broad SMARTS) is 1. The molecule has 0 saturated heterocycles. The van der Waals surface area contributed by atoms with Crippen LogP contribution < -0.4 is 16.4 Å². The number of aliphatic hydroxyl groups excluding tert-OH is 1. The predicted octanol–water partition coefficient (Wildman–Crippen LogP) is -0.269. The fourth-order valence-corrected chi connectivity index (χ4v) is 2.82. The van der Waals surface area contributed by atoms with Gasteiger partial charge in [0.2, 0.25) is 5.91 Å². The number of carbonyl (C=O) groups is 3. The zero-order valence-electron chi connectivity index (χ0n) is 17.9. The molecule has 180 valence electrons. The number of nitrogens with two attached hydrogens (primary N) is 1. The van der Waals surface area contributed by atoms with Gasteiger partial charge in [0.15, 0.2) is 11.9 Å². The molecule has 1 aliphatic heterocycles. The van der Waals surface area contributed by atoms with Gasteiger partial charge in [0, 0.05) is 17.7 Å². The molecule has 1 heterocycles. The third-order valence-electron chi connectivity index (χ3n) is 4.71. The van der Waals surface area contributed by atoms with Crippen LogP contribution in [0.4, 0.5) is 4.79 Å². The number of hydrogen-bond donors (Lipinski definition) is 6. The minimum atomic E-state index is -1.39. The van der Waals surface area contributed by atoms with E-state index in [1.165, 1.54) is 0 Å². The van der Waals surface area contributed by atoms with Gasteiger partial charge in [-0.3, -0.25) is 4.79 Å². The molecule has 0 aromatic heterocycles. The molecule has 1 aromatic carbocycles. The van der Waals surface area contributed by atoms with Crippen molar-refractivity contribution in [3.8, 4) is 0 Å². The largest absolute Gasteiger partial charge is 0.480 e. The van der Waals surface area contributed by atoms with E-state index in [4.69, 9.17) is 20.5 Å². The second-order valence-corrected chi connectivity index (χ2v) is 7.16. The van der Waals surface area contributed by atoms with Gasteiger partial charge < -0.3 is 41.4 Å². The Bertz CT molecular complexity index is 902. The van der Waals surface area contributed by atoms with Gasteiger partial charge in [0.05, 0.1) is 13.0 Å². The summed E-state index contributed by atoms with van der Waals surface area (Å²) >= 11 is 0. The summed E-state index contributed by atoms with van der Waals surface area (Å²) in [7, 11) is 0. The number of rotatable bonds is 11. The summed E-state index contributed by atoms with van der Waals surface area (Å²) in [6, 6.07) is 4.91. The van der Waals surface area contributed by atoms with Crippen molar-refractivity contribution >= 4 is 29.5 Å². The third kappa shape index (κ3) is 7.35. The first-order valence-electron chi connectivity index (χ1n) is 10.2. The molecule has 13 nitrogen and oxygen atoms in total. The number of amidine groups is 1. The average Bonchev–Trinajstić information content (AvgIpc) is 3.16. The van der Waals surface area contributed by atoms with Crippen molar-refractivity contribution in [1.29, 1.82) is 0 Å². The summed E-state index contributed by atoms with van der Waals surface area (Å²) in [6.07, 6.45) is -1.94. The van der Waals surface area contributed by atoms with Crippen LogP contribution in [0.1, 0.15) is 37.3 Å². The molecule has 7 N–H and O–H groups in total. The standard InChI is InChI=1S/C20H27N5O8/c1-2-3-8-32-20(30)23-13(19(28)29)10-22-15(26)9-14-17(27)16(25-33-14)11-4-6-12(7-5-11)18(21)24-31/h4-7,13-14,17,27,31H,2-3,8-10H2,1H3,(H2,21,24)(H,22,26)(H,23,30)(H,28,29)/t13-,14+,17-/m0/s1. The van der Waals surface area contributed by atoms with E-state index < -0.39 is 36.2 Å². The quantitative estimate of drug-likeness (QED) is 0.0835. The Morgan fingerprint density at radius 1 is 1.30 bits per heavy atom. The molecular formula is C20H27N5O8. The number of aliphatic carboxylic acids is 1. The van der Waals surface area contributed by atoms with Crippen LogP contribution in [0, 0.1) is 0 Å². The van der Waals surface area contributed by atoms with Crippen LogP contribution >= 0.6 is 0 Å². The zero-order chi connectivity index (χ0) is 24.4. The van der Waals surface area contributed by atoms with Gasteiger partial charge >= 0.3 is 12.1 Å². The number of ether oxygens (including phenoxy) is 1. The van der Waals surface area contributed by atoms with E-state index in [0.717, 1.165) is 6.42 Å². The van der Waals surface area contributed by atoms with Crippen LogP contribution in [0.3, 0.4) is 0 Å². The summed E-state index contributed by atoms with van der Waals surface area (Å²) in [6.45, 7) is 1.69. The lowest BCUT2D eigenvalue weighted by molar-refractivity contribution is -0.139. The van der Waals surface area contributed by atoms with E-state index in [-0.39, 0.29) is 31.1 Å². The first-order chi connectivity index (χ1) is 15.8. The number of benzene rings is 1. The molecule has 0 aliphatic carbocycles. The first kappa shape index (κ1) is 25.4. The highest BCUT2D eigenvalue weighted by Gasteiger charge is 2.35. The summed E-state index contributed by atoms with van der Waals surface area (Å²) < 4.78 is 4.85. The van der Waals surface area contributed by atoms with Gasteiger partial charge in [-0.25, -0.2) is 9.59 Å². The van der Waals surface area contributed by atoms with Crippen molar-refractivity contribution in [3.05, 3.63) is 35.4 Å². The third-order valence-corrected chi connectivity index (χ3v) is 4.71. The monoisotopic (exact) mass is 465 g/mol. The normalized spacial score (nSPS) is 18.6. The molecule has 1 aromatic rings. The number of amides is 2. The molecular weight excluding hydrogens is 438 g/mol. The smallest absolute Gasteiger partial charge is 0.407 e. The minimum Gasteiger partial charge on any atom is -0.480 e. The van der Waals surface area contributed by atoms with Crippen LogP contribution in [-0.2, 0) is 19.2 Å². The Kier molecular flexibility index (Phi) is 9.42. The summed E-state index contributed by atoms with van der Waals surface area (Å²) in [5.41, 5.74) is 6.67. The number of carbonyl (C=O) groups excluding carboxylic acids is 2. The second kappa shape index (κ2) is 12.2. The molecule has 1 aliphatic rings. The first-order valence-corrected chi connectivity index (χ1v) is 10.2. The topological polar surface area (TPSA) is 205 Å². The minimum absolute atomic E-state index is 0.0790. The van der Waals surface area contributed by atoms with Crippen LogP contribution in [-0.4, -0.2) is 76.3 Å². The molecule has 0 spiro atoms. The van der Waals surface area contributed by atoms with E-state index in [9.17, 15) is 24.6 Å². The molecule has 0 bridgehead atoms. The van der Waals surface area contributed by atoms with E-state index >= 15 is 0 Å². The number of aliphatic hydroxyl groups is 1. The summed E-state index contributed by atoms with van der Waals surface area (Å²) in [5, 5.41) is 39.7. The number of oxime groups is 2. The average molecular weight is 465 g/mol. The van der Waals surface area contributed by atoms with Crippen LogP contribution in [0.25, 0.3) is 0 Å². The van der Waals surface area contributed by atoms with Gasteiger partial charge in [-0.1, -0.05) is 47.9 Å². The van der Waals surface area contributed by atoms with Gasteiger partial charge in [0.1, 0.15) is 17.9 Å². The van der Waals surface area contributed by atoms with Gasteiger partial charge in [0.25, 0.3) is 0 Å². The molecule has 0 radical (unpaired) electrons. The number of alkyl carbamates (subject to hydrolysis) is 1. The summed E-state index contributed by atoms with van der Waals surface area (Å²) in [5.74, 6) is -2.03. The van der Waals surface area contributed by atoms with Crippen molar-refractivity contribution in [2.24, 2.45) is 16.0 Å². The lowest BCUT2D eigenvalue weighted by atomic mass is 9.99. The second-order valence-electron chi connectivity index (χ2n) is 7.16. The van der Waals surface area contributed by atoms with E-state index in [1.54, 1.807) is 24.3 Å². The molecule has 2 rings (SSSR count). The zero-order valence-corrected chi connectivity index (χ0v) is 17.9. The highest BCUT2D eigenvalue weighted by molar-refractivity contribution is 6.05. The highest BCUT2D eigenvalue weighted by Crippen LogP contribution is 2.20. The highest BCUT2D eigenvalue weighted by atomic mass is 16.7. The number of carboxylic acids is 1. The Labute approximate surface area is 189 Å². The van der Waals surface area contributed by atoms with Crippen LogP contribution in [0.2, 0.25) is 0 Å². The van der Waals surface area contributed by atoms with Crippen LogP contribution in [0.5, 0.6) is 0 Å². The van der Waals surface area contributed by atoms with E-state index in [0.29, 0.717) is 17.5 Å². The Balaban J connectivity index is 1.85. The maximum absolute atomic E-state index is 12.2. The lowest BCUT2D eigenvalue weighted by Crippen LogP contribution is -2.49. The van der Waals surface area contributed by atoms with Crippen molar-refractivity contribution in [2.45, 2.75) is 44.4 Å². The van der Waals surface area contributed by atoms with Crippen molar-refractivity contribution in [1.82, 2.24) is 10.6 Å². The number of nitrogens with zero attached hydrogens (tertiary/aromatic N) is 2. The molecule has 0 fully saturated rings. The fraction of sp³-hybridized carbons (Fsp3) is 0.450. The van der Waals surface area contributed by atoms with Crippen LogP contribution in [0.15, 0.2) is 34.6 Å². The molecule has 0 unspecified atom stereocenters. The summed E-state index contributed by atoms with van der Waals surface area (Å²) in [4.78, 5) is 40.3.